The number of benzene rings is 3. The van der Waals surface area contributed by atoms with E-state index in [2.05, 4.69) is 13.0 Å². The van der Waals surface area contributed by atoms with E-state index >= 15 is 0 Å². The maximum absolute atomic E-state index is 12.8. The molecule has 8 nitrogen and oxygen atoms in total. The molecule has 38 heavy (non-hydrogen) atoms. The maximum atomic E-state index is 12.8. The second kappa shape index (κ2) is 10.5. The predicted octanol–water partition coefficient (Wildman–Crippen LogP) is 5.41. The highest BCUT2D eigenvalue weighted by molar-refractivity contribution is 5.94. The molecule has 4 aromatic rings. The number of nitrogens with two attached hydrogens (primary N) is 1. The minimum absolute atomic E-state index is 0.0491. The lowest BCUT2D eigenvalue weighted by Crippen LogP contribution is -2.22. The van der Waals surface area contributed by atoms with Crippen LogP contribution in [0.4, 0.5) is 0 Å². The van der Waals surface area contributed by atoms with Gasteiger partial charge >= 0.3 is 11.6 Å². The Hall–Kier alpha value is -5.03. The summed E-state index contributed by atoms with van der Waals surface area (Å²) in [6.07, 6.45) is 1.88. The minimum Gasteiger partial charge on any atom is -0.493 e. The molecule has 2 heterocycles. The van der Waals surface area contributed by atoms with Crippen LogP contribution in [-0.4, -0.2) is 12.6 Å². The zero-order chi connectivity index (χ0) is 26.6. The fourth-order valence-corrected chi connectivity index (χ4v) is 4.36. The Kier molecular flexibility index (Phi) is 6.83. The number of hydrogen-bond donors (Lipinski definition) is 1. The van der Waals surface area contributed by atoms with Crippen LogP contribution < -0.4 is 25.6 Å². The molecule has 0 saturated heterocycles. The highest BCUT2D eigenvalue weighted by Crippen LogP contribution is 2.46. The number of fused-ring (bicyclic) bond motifs is 2. The van der Waals surface area contributed by atoms with E-state index in [9.17, 15) is 14.9 Å². The van der Waals surface area contributed by atoms with Crippen molar-refractivity contribution < 1.29 is 23.4 Å². The van der Waals surface area contributed by atoms with Crippen molar-refractivity contribution in [1.82, 2.24) is 0 Å². The van der Waals surface area contributed by atoms with Crippen LogP contribution in [0.15, 0.2) is 93.5 Å². The zero-order valence-electron chi connectivity index (χ0n) is 20.6. The molecule has 190 valence electrons. The van der Waals surface area contributed by atoms with E-state index in [1.54, 1.807) is 36.4 Å². The first-order valence-electron chi connectivity index (χ1n) is 12.2. The molecule has 1 atom stereocenters. The maximum Gasteiger partial charge on any atom is 0.351 e. The Morgan fingerprint density at radius 3 is 2.66 bits per heavy atom. The summed E-state index contributed by atoms with van der Waals surface area (Å²) in [7, 11) is 0. The molecule has 1 aliphatic rings. The molecule has 0 amide bonds. The summed E-state index contributed by atoms with van der Waals surface area (Å²) in [5.41, 5.74) is 7.18. The first-order valence-corrected chi connectivity index (χ1v) is 12.2. The van der Waals surface area contributed by atoms with E-state index < -0.39 is 17.5 Å². The average Bonchev–Trinajstić information content (AvgIpc) is 2.92. The topological polar surface area (TPSA) is 125 Å². The summed E-state index contributed by atoms with van der Waals surface area (Å²) in [5.74, 6) is -0.345. The van der Waals surface area contributed by atoms with E-state index in [0.29, 0.717) is 34.6 Å². The summed E-state index contributed by atoms with van der Waals surface area (Å²) in [6, 6.07) is 22.8. The monoisotopic (exact) mass is 508 g/mol. The number of ether oxygens (including phenoxy) is 3. The van der Waals surface area contributed by atoms with E-state index in [1.807, 2.05) is 24.3 Å². The molecule has 0 bridgehead atoms. The molecule has 1 aliphatic heterocycles. The fourth-order valence-electron chi connectivity index (χ4n) is 4.36. The molecule has 0 radical (unpaired) electrons. The molecule has 1 unspecified atom stereocenters. The number of rotatable bonds is 7. The van der Waals surface area contributed by atoms with Crippen LogP contribution in [0.5, 0.6) is 17.2 Å². The zero-order valence-corrected chi connectivity index (χ0v) is 20.6. The van der Waals surface area contributed by atoms with Gasteiger partial charge in [-0.2, -0.15) is 5.26 Å². The van der Waals surface area contributed by atoms with E-state index in [-0.39, 0.29) is 22.8 Å². The smallest absolute Gasteiger partial charge is 0.351 e. The van der Waals surface area contributed by atoms with Crippen molar-refractivity contribution in [2.75, 3.05) is 6.61 Å². The van der Waals surface area contributed by atoms with E-state index in [4.69, 9.17) is 24.4 Å². The third-order valence-corrected chi connectivity index (χ3v) is 6.25. The van der Waals surface area contributed by atoms with Crippen molar-refractivity contribution >= 4 is 16.9 Å². The van der Waals surface area contributed by atoms with Crippen LogP contribution in [0.2, 0.25) is 0 Å². The van der Waals surface area contributed by atoms with E-state index in [1.165, 1.54) is 12.1 Å². The van der Waals surface area contributed by atoms with Gasteiger partial charge in [0.2, 0.25) is 5.88 Å². The summed E-state index contributed by atoms with van der Waals surface area (Å²) < 4.78 is 22.5. The molecule has 0 spiro atoms. The third kappa shape index (κ3) is 4.70. The van der Waals surface area contributed by atoms with Crippen LogP contribution >= 0.6 is 0 Å². The largest absolute Gasteiger partial charge is 0.493 e. The Labute approximate surface area is 218 Å². The number of carbonyl (C=O) groups excluding carboxylic acids is 1. The lowest BCUT2D eigenvalue weighted by Gasteiger charge is -2.28. The molecule has 8 heteroatoms. The Bertz CT molecular complexity index is 1660. The highest BCUT2D eigenvalue weighted by atomic mass is 16.5. The number of nitriles is 1. The third-order valence-electron chi connectivity index (χ3n) is 6.25. The van der Waals surface area contributed by atoms with Gasteiger partial charge in [0.05, 0.1) is 12.5 Å². The van der Waals surface area contributed by atoms with Crippen molar-refractivity contribution in [2.24, 2.45) is 5.73 Å². The molecule has 0 aliphatic carbocycles. The molecule has 0 fully saturated rings. The van der Waals surface area contributed by atoms with Gasteiger partial charge in [0.25, 0.3) is 0 Å². The second-order valence-electron chi connectivity index (χ2n) is 8.74. The second-order valence-corrected chi connectivity index (χ2v) is 8.74. The fraction of sp³-hybridized carbons (Fsp3) is 0.167. The lowest BCUT2D eigenvalue weighted by molar-refractivity contribution is 0.0730. The van der Waals surface area contributed by atoms with Gasteiger partial charge in [0, 0.05) is 22.6 Å². The van der Waals surface area contributed by atoms with Crippen LogP contribution in [0, 0.1) is 11.3 Å². The van der Waals surface area contributed by atoms with Crippen molar-refractivity contribution in [1.29, 1.82) is 5.26 Å². The Balaban J connectivity index is 1.48. The van der Waals surface area contributed by atoms with Gasteiger partial charge in [-0.1, -0.05) is 55.8 Å². The Morgan fingerprint density at radius 1 is 1.05 bits per heavy atom. The van der Waals surface area contributed by atoms with Crippen molar-refractivity contribution in [3.8, 4) is 23.3 Å². The van der Waals surface area contributed by atoms with Crippen LogP contribution in [-0.2, 0) is 0 Å². The van der Waals surface area contributed by atoms with Crippen molar-refractivity contribution in [3.63, 3.8) is 0 Å². The number of carbonyl (C=O) groups is 1. The predicted molar refractivity (Wildman–Crippen MR) is 140 cm³/mol. The number of unbranched alkanes of at least 4 members (excludes halogenated alkanes) is 1. The molecule has 1 aromatic heterocycles. The SMILES string of the molecule is CCCCOc1ccccc1C1C(C#N)=C(N)Oc2cc(OC(=O)c3cc4ccccc4oc3=O)ccc21. The normalized spacial score (nSPS) is 14.4. The summed E-state index contributed by atoms with van der Waals surface area (Å²) in [5, 5.41) is 10.5. The number of allylic oxidation sites excluding steroid dienone is 1. The molecule has 5 rings (SSSR count). The molecular formula is C30H24N2O6. The van der Waals surface area contributed by atoms with E-state index in [0.717, 1.165) is 18.4 Å². The first kappa shape index (κ1) is 24.7. The van der Waals surface area contributed by atoms with Gasteiger partial charge in [-0.25, -0.2) is 9.59 Å². The first-order chi connectivity index (χ1) is 18.5. The molecular weight excluding hydrogens is 484 g/mol. The number of para-hydroxylation sites is 2. The quantitative estimate of drug-likeness (QED) is 0.152. The van der Waals surface area contributed by atoms with Crippen molar-refractivity contribution in [2.45, 2.75) is 25.7 Å². The van der Waals surface area contributed by atoms with Gasteiger partial charge < -0.3 is 24.4 Å². The average molecular weight is 509 g/mol. The van der Waals surface area contributed by atoms with Gasteiger partial charge in [0.1, 0.15) is 40.0 Å². The minimum atomic E-state index is -0.868. The van der Waals surface area contributed by atoms with Crippen LogP contribution in [0.1, 0.15) is 47.2 Å². The lowest BCUT2D eigenvalue weighted by atomic mass is 9.83. The Morgan fingerprint density at radius 2 is 1.84 bits per heavy atom. The number of esters is 1. The van der Waals surface area contributed by atoms with Crippen LogP contribution in [0.25, 0.3) is 11.0 Å². The standard InChI is InChI=1S/C30H24N2O6/c1-2-3-14-35-25-11-7-5-9-20(25)27-21-13-12-19(16-26(21)37-28(32)23(27)17-31)36-29(33)22-15-18-8-4-6-10-24(18)38-30(22)34/h4-13,15-16,27H,2-3,14,32H2,1H3. The van der Waals surface area contributed by atoms with Crippen molar-refractivity contribution in [3.05, 3.63) is 111 Å². The number of nitrogens with zero attached hydrogens (tertiary/aromatic N) is 1. The molecule has 2 N–H and O–H groups in total. The van der Waals surface area contributed by atoms with Gasteiger partial charge in [-0.3, -0.25) is 0 Å². The molecule has 3 aromatic carbocycles. The van der Waals surface area contributed by atoms with Gasteiger partial charge in [-0.05, 0) is 30.7 Å². The number of hydrogen-bond acceptors (Lipinski definition) is 8. The highest BCUT2D eigenvalue weighted by Gasteiger charge is 2.33. The van der Waals surface area contributed by atoms with Gasteiger partial charge in [-0.15, -0.1) is 0 Å². The molecule has 0 saturated carbocycles. The van der Waals surface area contributed by atoms with Gasteiger partial charge in [0.15, 0.2) is 0 Å². The summed E-state index contributed by atoms with van der Waals surface area (Å²) in [6.45, 7) is 2.63. The van der Waals surface area contributed by atoms with Crippen LogP contribution in [0.3, 0.4) is 0 Å². The summed E-state index contributed by atoms with van der Waals surface area (Å²) in [4.78, 5) is 25.2. The summed E-state index contributed by atoms with van der Waals surface area (Å²) >= 11 is 0.